The van der Waals surface area contributed by atoms with E-state index >= 15 is 0 Å². The summed E-state index contributed by atoms with van der Waals surface area (Å²) in [6, 6.07) is 8.69. The molecular weight excluding hydrogens is 468 g/mol. The molecule has 0 bridgehead atoms. The number of aliphatic hydroxyl groups is 2. The van der Waals surface area contributed by atoms with Crippen LogP contribution >= 0.6 is 0 Å². The number of anilines is 1. The summed E-state index contributed by atoms with van der Waals surface area (Å²) in [6.45, 7) is 1.18. The van der Waals surface area contributed by atoms with Crippen molar-refractivity contribution in [2.45, 2.75) is 56.3 Å². The van der Waals surface area contributed by atoms with Crippen molar-refractivity contribution in [2.75, 3.05) is 18.5 Å². The Morgan fingerprint density at radius 1 is 1.11 bits per heavy atom. The van der Waals surface area contributed by atoms with Crippen molar-refractivity contribution in [3.63, 3.8) is 0 Å². The first-order chi connectivity index (χ1) is 17.5. The molecule has 0 aliphatic carbocycles. The van der Waals surface area contributed by atoms with Crippen LogP contribution in [0.3, 0.4) is 0 Å². The Labute approximate surface area is 206 Å². The van der Waals surface area contributed by atoms with E-state index in [-0.39, 0.29) is 36.6 Å². The molecule has 1 unspecified atom stereocenters. The highest BCUT2D eigenvalue weighted by atomic mass is 16.6. The van der Waals surface area contributed by atoms with Crippen molar-refractivity contribution >= 4 is 28.8 Å². The molecule has 5 rings (SSSR count). The highest BCUT2D eigenvalue weighted by molar-refractivity contribution is 6.06. The second-order valence-electron chi connectivity index (χ2n) is 8.89. The van der Waals surface area contributed by atoms with E-state index in [1.54, 1.807) is 24.3 Å². The van der Waals surface area contributed by atoms with Gasteiger partial charge in [-0.25, -0.2) is 15.0 Å². The van der Waals surface area contributed by atoms with Gasteiger partial charge < -0.3 is 30.3 Å². The number of benzene rings is 1. The quantitative estimate of drug-likeness (QED) is 0.353. The van der Waals surface area contributed by atoms with Crippen LogP contribution < -0.4 is 10.6 Å². The predicted octanol–water partition coefficient (Wildman–Crippen LogP) is 0.773. The van der Waals surface area contributed by atoms with Gasteiger partial charge in [-0.2, -0.15) is 0 Å². The Hall–Kier alpha value is -3.45. The molecule has 2 amide bonds. The molecule has 12 heteroatoms. The lowest BCUT2D eigenvalue weighted by Crippen LogP contribution is -2.34. The zero-order valence-electron chi connectivity index (χ0n) is 19.5. The van der Waals surface area contributed by atoms with E-state index in [0.717, 1.165) is 19.4 Å². The third kappa shape index (κ3) is 5.07. The van der Waals surface area contributed by atoms with Crippen LogP contribution in [-0.4, -0.2) is 79.1 Å². The molecule has 2 saturated heterocycles. The van der Waals surface area contributed by atoms with Crippen molar-refractivity contribution in [2.24, 2.45) is 0 Å². The molecule has 2 fully saturated rings. The Morgan fingerprint density at radius 2 is 1.94 bits per heavy atom. The lowest BCUT2D eigenvalue weighted by atomic mass is 10.1. The summed E-state index contributed by atoms with van der Waals surface area (Å²) in [7, 11) is 0. The second-order valence-corrected chi connectivity index (χ2v) is 8.89. The first-order valence-corrected chi connectivity index (χ1v) is 11.9. The molecular formula is C24H28N6O6. The normalized spacial score (nSPS) is 25.8. The van der Waals surface area contributed by atoms with Crippen LogP contribution in [0.15, 0.2) is 43.0 Å². The number of fused-ring (bicyclic) bond motifs is 1. The van der Waals surface area contributed by atoms with Crippen LogP contribution in [0.1, 0.15) is 42.3 Å². The number of aromatic nitrogens is 4. The fourth-order valence-electron chi connectivity index (χ4n) is 4.49. The number of ether oxygens (including phenoxy) is 2. The topological polar surface area (TPSA) is 161 Å². The number of rotatable bonds is 8. The third-order valence-electron chi connectivity index (χ3n) is 6.44. The highest BCUT2D eigenvalue weighted by Crippen LogP contribution is 2.34. The number of hydrogen-bond acceptors (Lipinski definition) is 9. The van der Waals surface area contributed by atoms with Gasteiger partial charge in [0.2, 0.25) is 5.91 Å². The number of imidazole rings is 1. The Balaban J connectivity index is 1.24. The van der Waals surface area contributed by atoms with Gasteiger partial charge in [-0.05, 0) is 31.4 Å². The van der Waals surface area contributed by atoms with Crippen molar-refractivity contribution in [1.29, 1.82) is 0 Å². The Bertz CT molecular complexity index is 1210. The summed E-state index contributed by atoms with van der Waals surface area (Å²) in [5, 5.41) is 26.8. The van der Waals surface area contributed by atoms with E-state index in [1.165, 1.54) is 17.2 Å². The molecule has 0 spiro atoms. The van der Waals surface area contributed by atoms with Crippen LogP contribution in [0.5, 0.6) is 0 Å². The van der Waals surface area contributed by atoms with E-state index in [4.69, 9.17) is 9.47 Å². The van der Waals surface area contributed by atoms with Crippen LogP contribution in [-0.2, 0) is 14.3 Å². The van der Waals surface area contributed by atoms with Crippen LogP contribution in [0.4, 0.5) is 5.82 Å². The first kappa shape index (κ1) is 24.3. The van der Waals surface area contributed by atoms with E-state index in [1.807, 2.05) is 6.07 Å². The van der Waals surface area contributed by atoms with Gasteiger partial charge in [0.15, 0.2) is 23.2 Å². The van der Waals surface area contributed by atoms with E-state index in [2.05, 4.69) is 25.6 Å². The average molecular weight is 497 g/mol. The maximum atomic E-state index is 12.6. The number of carbonyl (C=O) groups is 2. The molecule has 0 saturated carbocycles. The highest BCUT2D eigenvalue weighted by Gasteiger charge is 2.44. The van der Waals surface area contributed by atoms with Gasteiger partial charge >= 0.3 is 0 Å². The molecule has 3 aromatic rings. The second kappa shape index (κ2) is 10.7. The molecule has 4 N–H and O–H groups in total. The predicted molar refractivity (Wildman–Crippen MR) is 127 cm³/mol. The number of carbonyl (C=O) groups excluding carboxylic acids is 2. The van der Waals surface area contributed by atoms with E-state index in [0.29, 0.717) is 23.3 Å². The van der Waals surface area contributed by atoms with Gasteiger partial charge in [-0.15, -0.1) is 0 Å². The Kier molecular flexibility index (Phi) is 7.18. The first-order valence-electron chi connectivity index (χ1n) is 11.9. The minimum Gasteiger partial charge on any atom is -0.388 e. The standard InChI is InChI=1S/C24H28N6O6/c31-17(25-11-15-7-4-10-35-15)9-8-16-19(32)20(33)24(36-16)30-13-28-18-21(26-12-27-22(18)30)29-23(34)14-5-2-1-3-6-14/h1-3,5-6,12-13,15-16,19-20,24,32-33H,4,7-11H2,(H,25,31)(H,26,27,29,34)/t15?,16-,19-,20-,24-/m1/s1. The molecule has 1 aromatic carbocycles. The van der Waals surface area contributed by atoms with Crippen LogP contribution in [0, 0.1) is 0 Å². The number of hydrogen-bond donors (Lipinski definition) is 4. The van der Waals surface area contributed by atoms with Crippen LogP contribution in [0.25, 0.3) is 11.2 Å². The van der Waals surface area contributed by atoms with Gasteiger partial charge in [-0.3, -0.25) is 14.2 Å². The zero-order chi connectivity index (χ0) is 25.1. The molecule has 2 aliphatic rings. The minimum absolute atomic E-state index is 0.0485. The van der Waals surface area contributed by atoms with Crippen LogP contribution in [0.2, 0.25) is 0 Å². The summed E-state index contributed by atoms with van der Waals surface area (Å²) in [4.78, 5) is 37.5. The monoisotopic (exact) mass is 496 g/mol. The molecule has 190 valence electrons. The van der Waals surface area contributed by atoms with Gasteiger partial charge in [0.05, 0.1) is 18.5 Å². The van der Waals surface area contributed by atoms with Crippen molar-refractivity contribution in [1.82, 2.24) is 24.8 Å². The summed E-state index contributed by atoms with van der Waals surface area (Å²) < 4.78 is 12.9. The molecule has 5 atom stereocenters. The number of nitrogens with one attached hydrogen (secondary N) is 2. The maximum Gasteiger partial charge on any atom is 0.256 e. The fraction of sp³-hybridized carbons (Fsp3) is 0.458. The number of aliphatic hydroxyl groups excluding tert-OH is 2. The summed E-state index contributed by atoms with van der Waals surface area (Å²) in [5.74, 6) is -0.311. The van der Waals surface area contributed by atoms with Gasteiger partial charge in [-0.1, -0.05) is 18.2 Å². The summed E-state index contributed by atoms with van der Waals surface area (Å²) in [6.07, 6.45) is 0.832. The minimum atomic E-state index is -1.26. The molecule has 0 radical (unpaired) electrons. The smallest absolute Gasteiger partial charge is 0.256 e. The van der Waals surface area contributed by atoms with Crippen molar-refractivity contribution in [3.8, 4) is 0 Å². The van der Waals surface area contributed by atoms with Crippen molar-refractivity contribution in [3.05, 3.63) is 48.5 Å². The van der Waals surface area contributed by atoms with Gasteiger partial charge in [0, 0.05) is 25.1 Å². The molecule has 36 heavy (non-hydrogen) atoms. The largest absolute Gasteiger partial charge is 0.388 e. The molecule has 2 aliphatic heterocycles. The van der Waals surface area contributed by atoms with Gasteiger partial charge in [0.25, 0.3) is 5.91 Å². The molecule has 4 heterocycles. The zero-order valence-corrected chi connectivity index (χ0v) is 19.5. The van der Waals surface area contributed by atoms with E-state index < -0.39 is 24.5 Å². The average Bonchev–Trinajstić information content (AvgIpc) is 3.63. The SMILES string of the molecule is O=C(CC[C@H]1O[C@@H](n2cnc3c(NC(=O)c4ccccc4)ncnc32)[C@H](O)[C@@H]1O)NCC1CCCO1. The lowest BCUT2D eigenvalue weighted by Gasteiger charge is -2.16. The number of nitrogens with zero attached hydrogens (tertiary/aromatic N) is 4. The van der Waals surface area contributed by atoms with E-state index in [9.17, 15) is 19.8 Å². The fourth-order valence-corrected chi connectivity index (χ4v) is 4.49. The maximum absolute atomic E-state index is 12.6. The van der Waals surface area contributed by atoms with Gasteiger partial charge in [0.1, 0.15) is 18.5 Å². The lowest BCUT2D eigenvalue weighted by molar-refractivity contribution is -0.122. The molecule has 12 nitrogen and oxygen atoms in total. The van der Waals surface area contributed by atoms with Crippen molar-refractivity contribution < 1.29 is 29.3 Å². The Morgan fingerprint density at radius 3 is 2.72 bits per heavy atom. The third-order valence-corrected chi connectivity index (χ3v) is 6.44. The number of amides is 2. The summed E-state index contributed by atoms with van der Waals surface area (Å²) >= 11 is 0. The molecule has 2 aromatic heterocycles. The summed E-state index contributed by atoms with van der Waals surface area (Å²) in [5.41, 5.74) is 1.09.